The van der Waals surface area contributed by atoms with Crippen LogP contribution in [-0.4, -0.2) is 25.6 Å². The van der Waals surface area contributed by atoms with E-state index in [1.807, 2.05) is 37.3 Å². The summed E-state index contributed by atoms with van der Waals surface area (Å²) in [4.78, 5) is 0. The number of aliphatic hydroxyl groups is 1. The van der Waals surface area contributed by atoms with Crippen LogP contribution in [0.5, 0.6) is 0 Å². The minimum Gasteiger partial charge on any atom is -0.394 e. The van der Waals surface area contributed by atoms with Gasteiger partial charge in [-0.25, -0.2) is 4.39 Å². The van der Waals surface area contributed by atoms with Crippen molar-refractivity contribution >= 4 is 7.28 Å². The standard InChI is InChI=1S/C21H26BFO2/c1-15-5-2-6-16(13-15)20-18(8-3-9-19(20)23)21(25-12-11-24)17-7-4-10-22-14-17/h2-3,5-6,8-9,13,17,21-22,24H,4,7,10-12,14H2,1H3/t17-,21?/m1/s1. The largest absolute Gasteiger partial charge is 0.394 e. The van der Waals surface area contributed by atoms with Crippen LogP contribution in [-0.2, 0) is 4.74 Å². The molecule has 1 aliphatic heterocycles. The summed E-state index contributed by atoms with van der Waals surface area (Å²) in [6.45, 7) is 2.29. The maximum absolute atomic E-state index is 14.8. The maximum Gasteiger partial charge on any atom is 0.131 e. The Morgan fingerprint density at radius 1 is 1.28 bits per heavy atom. The molecule has 0 bridgehead atoms. The molecule has 1 saturated heterocycles. The Balaban J connectivity index is 2.04. The summed E-state index contributed by atoms with van der Waals surface area (Å²) in [5.41, 5.74) is 3.55. The highest BCUT2D eigenvalue weighted by Gasteiger charge is 2.29. The van der Waals surface area contributed by atoms with E-state index >= 15 is 0 Å². The zero-order valence-corrected chi connectivity index (χ0v) is 14.9. The highest BCUT2D eigenvalue weighted by molar-refractivity contribution is 6.35. The molecule has 4 heteroatoms. The molecular weight excluding hydrogens is 314 g/mol. The Kier molecular flexibility index (Phi) is 6.27. The number of hydrogen-bond donors (Lipinski definition) is 1. The third-order valence-corrected chi connectivity index (χ3v) is 5.13. The van der Waals surface area contributed by atoms with Gasteiger partial charge in [0.15, 0.2) is 0 Å². The fraction of sp³-hybridized carbons (Fsp3) is 0.429. The quantitative estimate of drug-likeness (QED) is 0.783. The van der Waals surface area contributed by atoms with Crippen LogP contribution < -0.4 is 0 Å². The van der Waals surface area contributed by atoms with E-state index in [1.165, 1.54) is 26.1 Å². The lowest BCUT2D eigenvalue weighted by molar-refractivity contribution is -0.00569. The second-order valence-corrected chi connectivity index (χ2v) is 6.99. The van der Waals surface area contributed by atoms with Crippen LogP contribution in [0.1, 0.15) is 30.1 Å². The number of halogens is 1. The Morgan fingerprint density at radius 3 is 2.84 bits per heavy atom. The van der Waals surface area contributed by atoms with Crippen LogP contribution in [0.2, 0.25) is 12.6 Å². The Bertz CT molecular complexity index is 698. The molecule has 2 aromatic carbocycles. The fourth-order valence-electron chi connectivity index (χ4n) is 3.98. The van der Waals surface area contributed by atoms with Crippen molar-refractivity contribution in [3.63, 3.8) is 0 Å². The number of aryl methyl sites for hydroxylation is 1. The number of aliphatic hydroxyl groups excluding tert-OH is 1. The molecule has 0 spiro atoms. The normalized spacial score (nSPS) is 18.6. The molecule has 1 unspecified atom stereocenters. The van der Waals surface area contributed by atoms with Gasteiger partial charge in [0.05, 0.1) is 19.3 Å². The average molecular weight is 340 g/mol. The number of ether oxygens (including phenoxy) is 1. The predicted octanol–water partition coefficient (Wildman–Crippen LogP) is 4.53. The van der Waals surface area contributed by atoms with Crippen molar-refractivity contribution in [2.75, 3.05) is 13.2 Å². The molecule has 25 heavy (non-hydrogen) atoms. The Morgan fingerprint density at radius 2 is 2.12 bits per heavy atom. The van der Waals surface area contributed by atoms with E-state index in [9.17, 15) is 9.50 Å². The second kappa shape index (κ2) is 8.64. The molecule has 1 aliphatic rings. The van der Waals surface area contributed by atoms with Crippen LogP contribution >= 0.6 is 0 Å². The molecule has 2 nitrogen and oxygen atoms in total. The molecule has 2 aromatic rings. The highest BCUT2D eigenvalue weighted by Crippen LogP contribution is 2.40. The topological polar surface area (TPSA) is 29.5 Å². The van der Waals surface area contributed by atoms with Crippen LogP contribution in [0.25, 0.3) is 11.1 Å². The van der Waals surface area contributed by atoms with Gasteiger partial charge in [0.1, 0.15) is 13.1 Å². The van der Waals surface area contributed by atoms with Gasteiger partial charge in [-0.2, -0.15) is 0 Å². The van der Waals surface area contributed by atoms with Gasteiger partial charge < -0.3 is 9.84 Å². The minimum absolute atomic E-state index is 0.0156. The predicted molar refractivity (Wildman–Crippen MR) is 102 cm³/mol. The molecule has 1 fully saturated rings. The van der Waals surface area contributed by atoms with E-state index in [4.69, 9.17) is 4.74 Å². The summed E-state index contributed by atoms with van der Waals surface area (Å²) >= 11 is 0. The molecule has 3 rings (SSSR count). The van der Waals surface area contributed by atoms with Gasteiger partial charge in [-0.15, -0.1) is 0 Å². The van der Waals surface area contributed by atoms with Gasteiger partial charge in [0, 0.05) is 5.56 Å². The van der Waals surface area contributed by atoms with E-state index in [1.54, 1.807) is 6.07 Å². The van der Waals surface area contributed by atoms with Gasteiger partial charge in [0.2, 0.25) is 0 Å². The van der Waals surface area contributed by atoms with Crippen LogP contribution in [0.4, 0.5) is 4.39 Å². The molecule has 1 N–H and O–H groups in total. The van der Waals surface area contributed by atoms with Gasteiger partial charge in [-0.3, -0.25) is 0 Å². The summed E-state index contributed by atoms with van der Waals surface area (Å²) in [5, 5.41) is 9.24. The van der Waals surface area contributed by atoms with E-state index in [0.717, 1.165) is 29.4 Å². The second-order valence-electron chi connectivity index (χ2n) is 6.99. The Labute approximate surface area is 150 Å². The van der Waals surface area contributed by atoms with Crippen molar-refractivity contribution in [1.82, 2.24) is 0 Å². The molecule has 2 atom stereocenters. The van der Waals surface area contributed by atoms with E-state index in [2.05, 4.69) is 0 Å². The lowest BCUT2D eigenvalue weighted by Gasteiger charge is -2.31. The first-order chi connectivity index (χ1) is 12.2. The SMILES string of the molecule is Cc1cccc(-c2c(F)cccc2C(OCCO)[C@H]2CBCCC2)c1. The van der Waals surface area contributed by atoms with Gasteiger partial charge in [0.25, 0.3) is 0 Å². The third kappa shape index (κ3) is 4.31. The molecule has 132 valence electrons. The van der Waals surface area contributed by atoms with Crippen LogP contribution in [0, 0.1) is 18.7 Å². The highest BCUT2D eigenvalue weighted by atomic mass is 19.1. The molecule has 1 heterocycles. The number of rotatable bonds is 6. The van der Waals surface area contributed by atoms with Crippen molar-refractivity contribution in [3.8, 4) is 11.1 Å². The summed E-state index contributed by atoms with van der Waals surface area (Å²) in [6, 6.07) is 13.2. The molecule has 0 amide bonds. The van der Waals surface area contributed by atoms with Crippen LogP contribution in [0.3, 0.4) is 0 Å². The van der Waals surface area contributed by atoms with E-state index < -0.39 is 0 Å². The smallest absolute Gasteiger partial charge is 0.131 e. The lowest BCUT2D eigenvalue weighted by atomic mass is 9.58. The van der Waals surface area contributed by atoms with Gasteiger partial charge in [-0.1, -0.05) is 61.0 Å². The molecular formula is C21H26BFO2. The zero-order chi connectivity index (χ0) is 17.6. The summed E-state index contributed by atoms with van der Waals surface area (Å²) in [7, 11) is 1.19. The number of hydrogen-bond acceptors (Lipinski definition) is 2. The Hall–Kier alpha value is -1.65. The van der Waals surface area contributed by atoms with Gasteiger partial charge >= 0.3 is 0 Å². The molecule has 0 aromatic heterocycles. The van der Waals surface area contributed by atoms with Crippen molar-refractivity contribution in [3.05, 3.63) is 59.4 Å². The van der Waals surface area contributed by atoms with Crippen LogP contribution in [0.15, 0.2) is 42.5 Å². The number of benzene rings is 2. The maximum atomic E-state index is 14.8. The third-order valence-electron chi connectivity index (χ3n) is 5.13. The van der Waals surface area contributed by atoms with Crippen molar-refractivity contribution in [1.29, 1.82) is 0 Å². The fourth-order valence-corrected chi connectivity index (χ4v) is 3.98. The van der Waals surface area contributed by atoms with Crippen molar-refractivity contribution < 1.29 is 14.2 Å². The first-order valence-corrected chi connectivity index (χ1v) is 9.28. The lowest BCUT2D eigenvalue weighted by Crippen LogP contribution is -2.23. The summed E-state index contributed by atoms with van der Waals surface area (Å²) < 4.78 is 20.9. The summed E-state index contributed by atoms with van der Waals surface area (Å²) in [5.74, 6) is 0.169. The molecule has 0 aliphatic carbocycles. The monoisotopic (exact) mass is 340 g/mol. The zero-order valence-electron chi connectivity index (χ0n) is 14.9. The molecule has 0 radical (unpaired) electrons. The minimum atomic E-state index is -0.212. The molecule has 0 saturated carbocycles. The van der Waals surface area contributed by atoms with E-state index in [-0.39, 0.29) is 25.1 Å². The van der Waals surface area contributed by atoms with Crippen molar-refractivity contribution in [2.24, 2.45) is 5.92 Å². The first-order valence-electron chi connectivity index (χ1n) is 9.28. The average Bonchev–Trinajstić information content (AvgIpc) is 2.63. The summed E-state index contributed by atoms with van der Waals surface area (Å²) in [6.07, 6.45) is 4.48. The van der Waals surface area contributed by atoms with Gasteiger partial charge in [-0.05, 0) is 36.5 Å². The van der Waals surface area contributed by atoms with Crippen molar-refractivity contribution in [2.45, 2.75) is 38.5 Å². The first kappa shape index (κ1) is 18.2. The van der Waals surface area contributed by atoms with E-state index in [0.29, 0.717) is 11.5 Å².